The van der Waals surface area contributed by atoms with Crippen LogP contribution in [0.3, 0.4) is 0 Å². The highest BCUT2D eigenvalue weighted by Gasteiger charge is 2.41. The van der Waals surface area contributed by atoms with Crippen molar-refractivity contribution in [1.29, 1.82) is 0 Å². The molecule has 0 aliphatic carbocycles. The number of carbonyl (C=O) groups is 2. The maximum Gasteiger partial charge on any atom is 0.224 e. The zero-order valence-electron chi connectivity index (χ0n) is 15.9. The first-order valence-electron chi connectivity index (χ1n) is 9.80. The van der Waals surface area contributed by atoms with Crippen LogP contribution in [0.5, 0.6) is 0 Å². The molecular weight excluding hydrogens is 358 g/mol. The van der Waals surface area contributed by atoms with Crippen molar-refractivity contribution in [2.75, 3.05) is 19.6 Å². The van der Waals surface area contributed by atoms with Crippen LogP contribution < -0.4 is 0 Å². The summed E-state index contributed by atoms with van der Waals surface area (Å²) in [6, 6.07) is 5.79. The van der Waals surface area contributed by atoms with Crippen molar-refractivity contribution < 1.29 is 9.59 Å². The molecule has 2 aliphatic heterocycles. The van der Waals surface area contributed by atoms with Crippen LogP contribution in [0.25, 0.3) is 0 Å². The van der Waals surface area contributed by atoms with Crippen molar-refractivity contribution >= 4 is 11.8 Å². The summed E-state index contributed by atoms with van der Waals surface area (Å²) in [6.45, 7) is 3.32. The summed E-state index contributed by atoms with van der Waals surface area (Å²) in [4.78, 5) is 33.1. The van der Waals surface area contributed by atoms with Gasteiger partial charge in [0.05, 0.1) is 18.8 Å². The Morgan fingerprint density at radius 2 is 2.04 bits per heavy atom. The lowest BCUT2D eigenvalue weighted by Gasteiger charge is -2.47. The lowest BCUT2D eigenvalue weighted by molar-refractivity contribution is -0.143. The molecule has 0 atom stereocenters. The van der Waals surface area contributed by atoms with E-state index in [0.717, 1.165) is 44.6 Å². The van der Waals surface area contributed by atoms with Crippen LogP contribution >= 0.6 is 0 Å². The van der Waals surface area contributed by atoms with Crippen LogP contribution in [-0.2, 0) is 22.7 Å². The summed E-state index contributed by atoms with van der Waals surface area (Å²) < 4.78 is 1.57. The number of piperidine rings is 2. The molecule has 2 aromatic heterocycles. The predicted octanol–water partition coefficient (Wildman–Crippen LogP) is 0.890. The Balaban J connectivity index is 1.31. The van der Waals surface area contributed by atoms with Gasteiger partial charge in [-0.25, -0.2) is 4.68 Å². The fraction of sp³-hybridized carbons (Fsp3) is 0.579. The molecule has 0 N–H and O–H groups in total. The van der Waals surface area contributed by atoms with Gasteiger partial charge in [0.2, 0.25) is 11.8 Å². The molecule has 2 aromatic rings. The Hall–Kier alpha value is -2.84. The number of carbonyl (C=O) groups excluding carboxylic acids is 2. The SMILES string of the molecule is O=C(CCn1cnnn1)N1CCC2(CCC(=O)N(Cc3ccccn3)C2)CC1. The third-order valence-corrected chi connectivity index (χ3v) is 5.95. The number of rotatable bonds is 5. The van der Waals surface area contributed by atoms with Crippen LogP contribution in [-0.4, -0.2) is 66.4 Å². The second-order valence-electron chi connectivity index (χ2n) is 7.77. The maximum atomic E-state index is 12.5. The average Bonchev–Trinajstić information content (AvgIpc) is 3.24. The van der Waals surface area contributed by atoms with E-state index in [1.807, 2.05) is 28.0 Å². The highest BCUT2D eigenvalue weighted by atomic mass is 16.2. The van der Waals surface area contributed by atoms with Crippen molar-refractivity contribution in [1.82, 2.24) is 35.0 Å². The molecule has 2 amide bonds. The molecule has 2 saturated heterocycles. The molecule has 0 aromatic carbocycles. The summed E-state index contributed by atoms with van der Waals surface area (Å²) in [5.41, 5.74) is 1.04. The zero-order valence-corrected chi connectivity index (χ0v) is 15.9. The molecular formula is C19H25N7O2. The van der Waals surface area contributed by atoms with Crippen molar-refractivity contribution in [3.8, 4) is 0 Å². The second kappa shape index (κ2) is 8.04. The van der Waals surface area contributed by atoms with Crippen molar-refractivity contribution in [2.24, 2.45) is 5.41 Å². The number of hydrogen-bond acceptors (Lipinski definition) is 6. The summed E-state index contributed by atoms with van der Waals surface area (Å²) in [7, 11) is 0. The highest BCUT2D eigenvalue weighted by molar-refractivity contribution is 5.77. The van der Waals surface area contributed by atoms with Gasteiger partial charge in [-0.05, 0) is 47.2 Å². The van der Waals surface area contributed by atoms with E-state index < -0.39 is 0 Å². The minimum Gasteiger partial charge on any atom is -0.343 e. The topological polar surface area (TPSA) is 97.1 Å². The highest BCUT2D eigenvalue weighted by Crippen LogP contribution is 2.40. The van der Waals surface area contributed by atoms with Gasteiger partial charge < -0.3 is 9.80 Å². The van der Waals surface area contributed by atoms with Gasteiger partial charge in [-0.1, -0.05) is 6.07 Å². The van der Waals surface area contributed by atoms with Gasteiger partial charge >= 0.3 is 0 Å². The molecule has 2 aliphatic rings. The van der Waals surface area contributed by atoms with Crippen LogP contribution in [0.1, 0.15) is 37.8 Å². The van der Waals surface area contributed by atoms with Crippen molar-refractivity contribution in [2.45, 2.75) is 45.2 Å². The Labute approximate surface area is 163 Å². The maximum absolute atomic E-state index is 12.5. The molecule has 4 heterocycles. The first-order chi connectivity index (χ1) is 13.6. The normalized spacial score (nSPS) is 19.2. The number of likely N-dealkylation sites (tertiary alicyclic amines) is 2. The van der Waals surface area contributed by atoms with Gasteiger partial charge in [-0.3, -0.25) is 14.6 Å². The van der Waals surface area contributed by atoms with E-state index in [1.54, 1.807) is 10.9 Å². The number of aromatic nitrogens is 5. The molecule has 148 valence electrons. The fourth-order valence-electron chi connectivity index (χ4n) is 4.22. The van der Waals surface area contributed by atoms with E-state index in [1.165, 1.54) is 6.33 Å². The third-order valence-electron chi connectivity index (χ3n) is 5.95. The van der Waals surface area contributed by atoms with Crippen LogP contribution in [0.2, 0.25) is 0 Å². The van der Waals surface area contributed by atoms with Gasteiger partial charge in [0.15, 0.2) is 0 Å². The second-order valence-corrected chi connectivity index (χ2v) is 7.77. The lowest BCUT2D eigenvalue weighted by Crippen LogP contribution is -2.52. The van der Waals surface area contributed by atoms with Crippen LogP contribution in [0.4, 0.5) is 0 Å². The molecule has 0 unspecified atom stereocenters. The van der Waals surface area contributed by atoms with Gasteiger partial charge in [-0.15, -0.1) is 5.10 Å². The lowest BCUT2D eigenvalue weighted by atomic mass is 9.72. The third kappa shape index (κ3) is 4.18. The zero-order chi connectivity index (χ0) is 19.4. The van der Waals surface area contributed by atoms with E-state index >= 15 is 0 Å². The minimum atomic E-state index is 0.120. The Morgan fingerprint density at radius 3 is 2.75 bits per heavy atom. The smallest absolute Gasteiger partial charge is 0.224 e. The minimum absolute atomic E-state index is 0.120. The van der Waals surface area contributed by atoms with Gasteiger partial charge in [0.1, 0.15) is 6.33 Å². The first kappa shape index (κ1) is 18.5. The fourth-order valence-corrected chi connectivity index (χ4v) is 4.22. The first-order valence-corrected chi connectivity index (χ1v) is 9.80. The number of amides is 2. The Morgan fingerprint density at radius 1 is 1.18 bits per heavy atom. The number of aryl methyl sites for hydroxylation is 1. The van der Waals surface area contributed by atoms with Crippen molar-refractivity contribution in [3.05, 3.63) is 36.4 Å². The van der Waals surface area contributed by atoms with Gasteiger partial charge in [0, 0.05) is 38.7 Å². The largest absolute Gasteiger partial charge is 0.343 e. The molecule has 1 spiro atoms. The summed E-state index contributed by atoms with van der Waals surface area (Å²) >= 11 is 0. The van der Waals surface area contributed by atoms with Crippen LogP contribution in [0, 0.1) is 5.41 Å². The van der Waals surface area contributed by atoms with Crippen LogP contribution in [0.15, 0.2) is 30.7 Å². The van der Waals surface area contributed by atoms with Crippen molar-refractivity contribution in [3.63, 3.8) is 0 Å². The monoisotopic (exact) mass is 383 g/mol. The summed E-state index contributed by atoms with van der Waals surface area (Å²) in [5, 5.41) is 11.0. The number of pyridine rings is 1. The molecule has 28 heavy (non-hydrogen) atoms. The van der Waals surface area contributed by atoms with E-state index in [-0.39, 0.29) is 17.2 Å². The summed E-state index contributed by atoms with van der Waals surface area (Å²) in [5.74, 6) is 0.346. The molecule has 0 radical (unpaired) electrons. The molecule has 9 nitrogen and oxygen atoms in total. The molecule has 4 rings (SSSR count). The molecule has 9 heteroatoms. The number of nitrogens with zero attached hydrogens (tertiary/aromatic N) is 7. The number of hydrogen-bond donors (Lipinski definition) is 0. The van der Waals surface area contributed by atoms with Gasteiger partial charge in [0.25, 0.3) is 0 Å². The molecule has 0 bridgehead atoms. The Bertz CT molecular complexity index is 801. The number of tetrazole rings is 1. The van der Waals surface area contributed by atoms with E-state index in [9.17, 15) is 9.59 Å². The van der Waals surface area contributed by atoms with Gasteiger partial charge in [-0.2, -0.15) is 0 Å². The van der Waals surface area contributed by atoms with E-state index in [0.29, 0.717) is 25.9 Å². The molecule has 0 saturated carbocycles. The summed E-state index contributed by atoms with van der Waals surface area (Å²) in [6.07, 6.45) is 7.07. The predicted molar refractivity (Wildman–Crippen MR) is 99.6 cm³/mol. The standard InChI is InChI=1S/C19H25N7O2/c27-17-4-6-19(14-25(17)13-16-3-1-2-9-20-16)7-11-24(12-8-19)18(28)5-10-26-15-21-22-23-26/h1-3,9,15H,4-8,10-14H2. The van der Waals surface area contributed by atoms with E-state index in [2.05, 4.69) is 20.5 Å². The average molecular weight is 383 g/mol. The quantitative estimate of drug-likeness (QED) is 0.761. The Kier molecular flexibility index (Phi) is 5.31. The molecule has 2 fully saturated rings. The van der Waals surface area contributed by atoms with E-state index in [4.69, 9.17) is 0 Å².